The smallest absolute Gasteiger partial charge is 0.293 e. The third-order valence-electron chi connectivity index (χ3n) is 4.38. The number of nitrogens with zero attached hydrogens (tertiary/aromatic N) is 2. The molecule has 0 aliphatic carbocycles. The number of hydrogen-bond donors (Lipinski definition) is 1. The number of benzene rings is 2. The van der Waals surface area contributed by atoms with E-state index in [4.69, 9.17) is 16.1 Å². The Hall–Kier alpha value is -2.84. The monoisotopic (exact) mass is 431 g/mol. The molecule has 1 fully saturated rings. The van der Waals surface area contributed by atoms with E-state index in [0.717, 1.165) is 5.56 Å². The summed E-state index contributed by atoms with van der Waals surface area (Å²) in [5.41, 5.74) is 1.53. The summed E-state index contributed by atoms with van der Waals surface area (Å²) < 4.78 is 18.6. The predicted molar refractivity (Wildman–Crippen MR) is 109 cm³/mol. The van der Waals surface area contributed by atoms with Crippen LogP contribution < -0.4 is 5.32 Å². The minimum Gasteiger partial charge on any atom is -0.350 e. The second-order valence-corrected chi connectivity index (χ2v) is 7.81. The molecule has 3 aromatic rings. The van der Waals surface area contributed by atoms with E-state index >= 15 is 0 Å². The lowest BCUT2D eigenvalue weighted by Crippen LogP contribution is -2.44. The Kier molecular flexibility index (Phi) is 5.55. The quantitative estimate of drug-likeness (QED) is 0.667. The first kappa shape index (κ1) is 19.5. The van der Waals surface area contributed by atoms with Crippen LogP contribution in [0, 0.1) is 5.82 Å². The second kappa shape index (κ2) is 8.26. The van der Waals surface area contributed by atoms with E-state index in [1.54, 1.807) is 30.3 Å². The molecule has 0 unspecified atom stereocenters. The van der Waals surface area contributed by atoms with Crippen molar-refractivity contribution < 1.29 is 18.5 Å². The molecule has 0 saturated carbocycles. The van der Waals surface area contributed by atoms with Crippen LogP contribution in [-0.4, -0.2) is 39.5 Å². The first-order valence-corrected chi connectivity index (χ1v) is 10.2. The first-order chi connectivity index (χ1) is 14.0. The van der Waals surface area contributed by atoms with E-state index in [9.17, 15) is 14.0 Å². The Balaban J connectivity index is 1.50. The average Bonchev–Trinajstić information content (AvgIpc) is 3.37. The van der Waals surface area contributed by atoms with Crippen LogP contribution in [0.2, 0.25) is 5.02 Å². The van der Waals surface area contributed by atoms with Crippen molar-refractivity contribution in [2.45, 2.75) is 6.04 Å². The molecule has 1 saturated heterocycles. The lowest BCUT2D eigenvalue weighted by atomic mass is 10.1. The van der Waals surface area contributed by atoms with E-state index in [2.05, 4.69) is 10.5 Å². The van der Waals surface area contributed by atoms with E-state index < -0.39 is 17.8 Å². The summed E-state index contributed by atoms with van der Waals surface area (Å²) in [6.45, 7) is 0. The number of anilines is 1. The maximum absolute atomic E-state index is 13.3. The van der Waals surface area contributed by atoms with Crippen molar-refractivity contribution in [1.82, 2.24) is 10.1 Å². The van der Waals surface area contributed by atoms with Crippen LogP contribution in [0.4, 0.5) is 10.1 Å². The summed E-state index contributed by atoms with van der Waals surface area (Å²) in [5.74, 6) is -0.466. The van der Waals surface area contributed by atoms with Crippen LogP contribution in [0.1, 0.15) is 10.6 Å². The molecule has 0 radical (unpaired) electrons. The molecule has 148 valence electrons. The first-order valence-electron chi connectivity index (χ1n) is 8.69. The molecule has 2 heterocycles. The van der Waals surface area contributed by atoms with Gasteiger partial charge >= 0.3 is 0 Å². The summed E-state index contributed by atoms with van der Waals surface area (Å²) in [6.07, 6.45) is 0. The summed E-state index contributed by atoms with van der Waals surface area (Å²) in [4.78, 5) is 26.9. The Labute approximate surface area is 175 Å². The maximum Gasteiger partial charge on any atom is 0.293 e. The number of nitrogens with one attached hydrogen (secondary N) is 1. The van der Waals surface area contributed by atoms with Crippen molar-refractivity contribution in [3.05, 3.63) is 71.2 Å². The molecule has 4 rings (SSSR count). The number of thioether (sulfide) groups is 1. The van der Waals surface area contributed by atoms with Gasteiger partial charge in [-0.1, -0.05) is 35.0 Å². The van der Waals surface area contributed by atoms with Crippen LogP contribution in [-0.2, 0) is 4.79 Å². The maximum atomic E-state index is 13.3. The van der Waals surface area contributed by atoms with Crippen molar-refractivity contribution in [1.29, 1.82) is 0 Å². The second-order valence-electron chi connectivity index (χ2n) is 6.38. The van der Waals surface area contributed by atoms with Gasteiger partial charge in [-0.05, 0) is 30.3 Å². The minimum atomic E-state index is -0.699. The Morgan fingerprint density at radius 1 is 1.21 bits per heavy atom. The third kappa shape index (κ3) is 4.28. The number of carbonyl (C=O) groups is 2. The van der Waals surface area contributed by atoms with Crippen LogP contribution in [0.5, 0.6) is 0 Å². The molecule has 29 heavy (non-hydrogen) atoms. The molecule has 9 heteroatoms. The highest BCUT2D eigenvalue weighted by atomic mass is 35.5. The normalized spacial score (nSPS) is 16.1. The standard InChI is InChI=1S/C20H15ClFN3O3S/c21-13-4-1-3-12(7-13)16-9-18(28-24-16)20(27)25-11-29-10-17(25)19(26)23-15-6-2-5-14(22)8-15/h1-9,17H,10-11H2,(H,23,26)/t17-/m0/s1. The Morgan fingerprint density at radius 2 is 2.03 bits per heavy atom. The molecule has 2 aromatic carbocycles. The molecule has 0 spiro atoms. The van der Waals surface area contributed by atoms with Crippen molar-refractivity contribution in [2.24, 2.45) is 0 Å². The highest BCUT2D eigenvalue weighted by Crippen LogP contribution is 2.27. The number of hydrogen-bond acceptors (Lipinski definition) is 5. The van der Waals surface area contributed by atoms with Gasteiger partial charge in [-0.25, -0.2) is 4.39 Å². The highest BCUT2D eigenvalue weighted by molar-refractivity contribution is 7.99. The van der Waals surface area contributed by atoms with Gasteiger partial charge in [0.05, 0.1) is 5.88 Å². The highest BCUT2D eigenvalue weighted by Gasteiger charge is 2.36. The van der Waals surface area contributed by atoms with Gasteiger partial charge in [-0.2, -0.15) is 0 Å². The number of aromatic nitrogens is 1. The molecule has 1 aliphatic heterocycles. The molecule has 1 aliphatic rings. The van der Waals surface area contributed by atoms with E-state index in [-0.39, 0.29) is 11.7 Å². The fourth-order valence-electron chi connectivity index (χ4n) is 2.95. The number of rotatable bonds is 4. The third-order valence-corrected chi connectivity index (χ3v) is 5.63. The van der Waals surface area contributed by atoms with Crippen LogP contribution in [0.25, 0.3) is 11.3 Å². The number of halogens is 2. The summed E-state index contributed by atoms with van der Waals surface area (Å²) in [6, 6.07) is 13.5. The van der Waals surface area contributed by atoms with Crippen molar-refractivity contribution in [2.75, 3.05) is 16.9 Å². The Bertz CT molecular complexity index is 1070. The lowest BCUT2D eigenvalue weighted by Gasteiger charge is -2.21. The summed E-state index contributed by atoms with van der Waals surface area (Å²) >= 11 is 7.44. The van der Waals surface area contributed by atoms with Gasteiger partial charge in [0, 0.05) is 28.1 Å². The van der Waals surface area contributed by atoms with Crippen LogP contribution in [0.15, 0.2) is 59.1 Å². The van der Waals surface area contributed by atoms with E-state index in [0.29, 0.717) is 28.0 Å². The molecule has 0 bridgehead atoms. The molecule has 2 amide bonds. The fraction of sp³-hybridized carbons (Fsp3) is 0.150. The summed E-state index contributed by atoms with van der Waals surface area (Å²) in [5, 5.41) is 7.13. The van der Waals surface area contributed by atoms with E-state index in [1.807, 2.05) is 0 Å². The van der Waals surface area contributed by atoms with E-state index in [1.165, 1.54) is 40.9 Å². The van der Waals surface area contributed by atoms with Gasteiger partial charge in [-0.3, -0.25) is 9.59 Å². The van der Waals surface area contributed by atoms with Crippen LogP contribution >= 0.6 is 23.4 Å². The zero-order valence-corrected chi connectivity index (χ0v) is 16.5. The van der Waals surface area contributed by atoms with Crippen LogP contribution in [0.3, 0.4) is 0 Å². The minimum absolute atomic E-state index is 0.0334. The lowest BCUT2D eigenvalue weighted by molar-refractivity contribution is -0.119. The zero-order valence-electron chi connectivity index (χ0n) is 15.0. The van der Waals surface area contributed by atoms with Gasteiger partial charge in [-0.15, -0.1) is 11.8 Å². The molecule has 1 aromatic heterocycles. The number of amides is 2. The Morgan fingerprint density at radius 3 is 2.83 bits per heavy atom. The SMILES string of the molecule is O=C(Nc1cccc(F)c1)[C@@H]1CSCN1C(=O)c1cc(-c2cccc(Cl)c2)no1. The van der Waals surface area contributed by atoms with Gasteiger partial charge in [0.25, 0.3) is 5.91 Å². The largest absolute Gasteiger partial charge is 0.350 e. The zero-order chi connectivity index (χ0) is 20.4. The van der Waals surface area contributed by atoms with Crippen molar-refractivity contribution in [3.63, 3.8) is 0 Å². The topological polar surface area (TPSA) is 75.4 Å². The fourth-order valence-corrected chi connectivity index (χ4v) is 4.30. The van der Waals surface area contributed by atoms with Gasteiger partial charge < -0.3 is 14.7 Å². The average molecular weight is 432 g/mol. The summed E-state index contributed by atoms with van der Waals surface area (Å²) in [7, 11) is 0. The molecular formula is C20H15ClFN3O3S. The van der Waals surface area contributed by atoms with Crippen molar-refractivity contribution >= 4 is 40.9 Å². The molecule has 1 N–H and O–H groups in total. The van der Waals surface area contributed by atoms with Gasteiger partial charge in [0.15, 0.2) is 0 Å². The van der Waals surface area contributed by atoms with Crippen molar-refractivity contribution in [3.8, 4) is 11.3 Å². The molecular weight excluding hydrogens is 417 g/mol. The molecule has 6 nitrogen and oxygen atoms in total. The number of carbonyl (C=O) groups excluding carboxylic acids is 2. The molecule has 1 atom stereocenters. The van der Waals surface area contributed by atoms with Gasteiger partial charge in [0.2, 0.25) is 11.7 Å². The van der Waals surface area contributed by atoms with Gasteiger partial charge in [0.1, 0.15) is 17.6 Å². The predicted octanol–water partition coefficient (Wildman–Crippen LogP) is 4.29.